The number of hydrogen-bond donors (Lipinski definition) is 1. The SMILES string of the molecule is CC[C@H]1CC[C@H](C(=O)OC(C)(C)C)[C@@H]1N. The Kier molecular flexibility index (Phi) is 3.77. The number of esters is 1. The van der Waals surface area contributed by atoms with Crippen LogP contribution in [-0.2, 0) is 9.53 Å². The van der Waals surface area contributed by atoms with E-state index in [-0.39, 0.29) is 17.9 Å². The third-order valence-corrected chi connectivity index (χ3v) is 3.09. The maximum absolute atomic E-state index is 11.8. The molecule has 0 aromatic heterocycles. The molecular weight excluding hydrogens is 190 g/mol. The van der Waals surface area contributed by atoms with Crippen molar-refractivity contribution in [1.29, 1.82) is 0 Å². The molecule has 0 bridgehead atoms. The zero-order valence-electron chi connectivity index (χ0n) is 10.2. The van der Waals surface area contributed by atoms with Gasteiger partial charge in [0.2, 0.25) is 0 Å². The van der Waals surface area contributed by atoms with Crippen LogP contribution >= 0.6 is 0 Å². The molecule has 2 N–H and O–H groups in total. The van der Waals surface area contributed by atoms with Crippen LogP contribution in [0, 0.1) is 11.8 Å². The first-order chi connectivity index (χ1) is 6.85. The average molecular weight is 213 g/mol. The lowest BCUT2D eigenvalue weighted by Crippen LogP contribution is -2.38. The molecule has 1 fully saturated rings. The predicted octanol–water partition coefficient (Wildman–Crippen LogP) is 2.09. The van der Waals surface area contributed by atoms with Crippen LogP contribution in [-0.4, -0.2) is 17.6 Å². The zero-order chi connectivity index (χ0) is 11.6. The van der Waals surface area contributed by atoms with Crippen LogP contribution in [0.4, 0.5) is 0 Å². The predicted molar refractivity (Wildman–Crippen MR) is 60.3 cm³/mol. The van der Waals surface area contributed by atoms with E-state index in [1.165, 1.54) is 0 Å². The van der Waals surface area contributed by atoms with Crippen LogP contribution in [0.3, 0.4) is 0 Å². The minimum absolute atomic E-state index is 0.00940. The fraction of sp³-hybridized carbons (Fsp3) is 0.917. The largest absolute Gasteiger partial charge is 0.460 e. The molecule has 1 aliphatic rings. The molecule has 1 saturated carbocycles. The van der Waals surface area contributed by atoms with Crippen molar-refractivity contribution < 1.29 is 9.53 Å². The normalized spacial score (nSPS) is 31.7. The maximum Gasteiger partial charge on any atom is 0.311 e. The Bertz CT molecular complexity index is 232. The van der Waals surface area contributed by atoms with Gasteiger partial charge in [-0.2, -0.15) is 0 Å². The third-order valence-electron chi connectivity index (χ3n) is 3.09. The third kappa shape index (κ3) is 3.20. The van der Waals surface area contributed by atoms with Crippen molar-refractivity contribution in [2.75, 3.05) is 0 Å². The molecule has 0 heterocycles. The second-order valence-corrected chi connectivity index (χ2v) is 5.46. The Balaban J connectivity index is 2.55. The second-order valence-electron chi connectivity index (χ2n) is 5.46. The lowest BCUT2D eigenvalue weighted by atomic mass is 9.96. The summed E-state index contributed by atoms with van der Waals surface area (Å²) in [6.07, 6.45) is 3.00. The van der Waals surface area contributed by atoms with Crippen molar-refractivity contribution in [2.24, 2.45) is 17.6 Å². The Morgan fingerprint density at radius 1 is 1.40 bits per heavy atom. The molecule has 15 heavy (non-hydrogen) atoms. The zero-order valence-corrected chi connectivity index (χ0v) is 10.2. The van der Waals surface area contributed by atoms with Gasteiger partial charge in [-0.15, -0.1) is 0 Å². The van der Waals surface area contributed by atoms with Crippen molar-refractivity contribution in [1.82, 2.24) is 0 Å². The molecule has 0 aromatic rings. The Hall–Kier alpha value is -0.570. The summed E-state index contributed by atoms with van der Waals surface area (Å²) in [5.41, 5.74) is 5.65. The van der Waals surface area contributed by atoms with Crippen molar-refractivity contribution in [3.63, 3.8) is 0 Å². The molecule has 0 saturated heterocycles. The highest BCUT2D eigenvalue weighted by Gasteiger charge is 2.38. The summed E-state index contributed by atoms with van der Waals surface area (Å²) >= 11 is 0. The average Bonchev–Trinajstić information content (AvgIpc) is 2.43. The highest BCUT2D eigenvalue weighted by atomic mass is 16.6. The van der Waals surface area contributed by atoms with Gasteiger partial charge >= 0.3 is 5.97 Å². The van der Waals surface area contributed by atoms with E-state index in [0.29, 0.717) is 5.92 Å². The van der Waals surface area contributed by atoms with E-state index in [0.717, 1.165) is 19.3 Å². The van der Waals surface area contributed by atoms with Crippen LogP contribution in [0.25, 0.3) is 0 Å². The first kappa shape index (κ1) is 12.5. The summed E-state index contributed by atoms with van der Waals surface area (Å²) in [6.45, 7) is 7.80. The number of nitrogens with two attached hydrogens (primary N) is 1. The highest BCUT2D eigenvalue weighted by molar-refractivity contribution is 5.74. The quantitative estimate of drug-likeness (QED) is 0.715. The van der Waals surface area contributed by atoms with E-state index in [9.17, 15) is 4.79 Å². The molecule has 0 amide bonds. The first-order valence-electron chi connectivity index (χ1n) is 5.83. The second kappa shape index (κ2) is 4.52. The highest BCUT2D eigenvalue weighted by Crippen LogP contribution is 2.33. The van der Waals surface area contributed by atoms with Crippen molar-refractivity contribution in [2.45, 2.75) is 58.6 Å². The molecule has 0 spiro atoms. The maximum atomic E-state index is 11.8. The van der Waals surface area contributed by atoms with Crippen molar-refractivity contribution >= 4 is 5.97 Å². The van der Waals surface area contributed by atoms with E-state index in [2.05, 4.69) is 6.92 Å². The van der Waals surface area contributed by atoms with Crippen molar-refractivity contribution in [3.8, 4) is 0 Å². The molecule has 0 aliphatic heterocycles. The number of rotatable bonds is 2. The van der Waals surface area contributed by atoms with Gasteiger partial charge < -0.3 is 10.5 Å². The van der Waals surface area contributed by atoms with Gasteiger partial charge in [0.1, 0.15) is 5.60 Å². The molecule has 1 rings (SSSR count). The number of hydrogen-bond acceptors (Lipinski definition) is 3. The summed E-state index contributed by atoms with van der Waals surface area (Å²) in [7, 11) is 0. The smallest absolute Gasteiger partial charge is 0.311 e. The Morgan fingerprint density at radius 2 is 2.00 bits per heavy atom. The summed E-state index contributed by atoms with van der Waals surface area (Å²) in [6, 6.07) is -0.00940. The first-order valence-corrected chi connectivity index (χ1v) is 5.83. The molecule has 3 heteroatoms. The van der Waals surface area contributed by atoms with Gasteiger partial charge in [0.15, 0.2) is 0 Å². The Labute approximate surface area is 92.4 Å². The minimum Gasteiger partial charge on any atom is -0.460 e. The van der Waals surface area contributed by atoms with Crippen LogP contribution in [0.5, 0.6) is 0 Å². The number of carbonyl (C=O) groups excluding carboxylic acids is 1. The van der Waals surface area contributed by atoms with Gasteiger partial charge in [-0.05, 0) is 39.5 Å². The van der Waals surface area contributed by atoms with Crippen LogP contribution in [0.15, 0.2) is 0 Å². The molecule has 0 unspecified atom stereocenters. The van der Waals surface area contributed by atoms with Gasteiger partial charge in [-0.25, -0.2) is 0 Å². The van der Waals surface area contributed by atoms with E-state index in [4.69, 9.17) is 10.5 Å². The number of ether oxygens (including phenoxy) is 1. The lowest BCUT2D eigenvalue weighted by molar-refractivity contribution is -0.160. The lowest BCUT2D eigenvalue weighted by Gasteiger charge is -2.24. The van der Waals surface area contributed by atoms with Gasteiger partial charge in [0, 0.05) is 6.04 Å². The fourth-order valence-corrected chi connectivity index (χ4v) is 2.24. The van der Waals surface area contributed by atoms with Gasteiger partial charge in [0.25, 0.3) is 0 Å². The Morgan fingerprint density at radius 3 is 2.40 bits per heavy atom. The van der Waals surface area contributed by atoms with Crippen LogP contribution in [0.2, 0.25) is 0 Å². The molecule has 3 nitrogen and oxygen atoms in total. The van der Waals surface area contributed by atoms with E-state index >= 15 is 0 Å². The molecular formula is C12H23NO2. The van der Waals surface area contributed by atoms with Gasteiger partial charge in [0.05, 0.1) is 5.92 Å². The summed E-state index contributed by atoms with van der Waals surface area (Å²) < 4.78 is 5.37. The minimum atomic E-state index is -0.402. The summed E-state index contributed by atoms with van der Waals surface area (Å²) in [5.74, 6) is 0.280. The van der Waals surface area contributed by atoms with E-state index in [1.54, 1.807) is 0 Å². The molecule has 3 atom stereocenters. The van der Waals surface area contributed by atoms with E-state index < -0.39 is 5.60 Å². The van der Waals surface area contributed by atoms with Crippen molar-refractivity contribution in [3.05, 3.63) is 0 Å². The monoisotopic (exact) mass is 213 g/mol. The van der Waals surface area contributed by atoms with E-state index in [1.807, 2.05) is 20.8 Å². The summed E-state index contributed by atoms with van der Waals surface area (Å²) in [5, 5.41) is 0. The molecule has 0 aromatic carbocycles. The number of carbonyl (C=O) groups is 1. The molecule has 88 valence electrons. The molecule has 1 aliphatic carbocycles. The van der Waals surface area contributed by atoms with Crippen LogP contribution in [0.1, 0.15) is 47.0 Å². The van der Waals surface area contributed by atoms with Gasteiger partial charge in [-0.1, -0.05) is 13.3 Å². The van der Waals surface area contributed by atoms with Gasteiger partial charge in [-0.3, -0.25) is 4.79 Å². The van der Waals surface area contributed by atoms with Crippen LogP contribution < -0.4 is 5.73 Å². The standard InChI is InChI=1S/C12H23NO2/c1-5-8-6-7-9(10(8)13)11(14)15-12(2,3)4/h8-10H,5-7,13H2,1-4H3/t8-,9-,10+/m0/s1. The molecule has 0 radical (unpaired) electrons. The topological polar surface area (TPSA) is 52.3 Å². The summed E-state index contributed by atoms with van der Waals surface area (Å²) in [4.78, 5) is 11.8. The fourth-order valence-electron chi connectivity index (χ4n) is 2.24.